The Morgan fingerprint density at radius 2 is 1.42 bits per heavy atom. The first-order valence-corrected chi connectivity index (χ1v) is 7.58. The highest BCUT2D eigenvalue weighted by molar-refractivity contribution is 7.15. The van der Waals surface area contributed by atoms with Gasteiger partial charge in [-0.3, -0.25) is 0 Å². The van der Waals surface area contributed by atoms with Crippen molar-refractivity contribution in [3.63, 3.8) is 0 Å². The van der Waals surface area contributed by atoms with E-state index in [9.17, 15) is 0 Å². The van der Waals surface area contributed by atoms with Crippen LogP contribution in [-0.4, -0.2) is 4.98 Å². The van der Waals surface area contributed by atoms with Crippen LogP contribution in [0.15, 0.2) is 30.3 Å². The van der Waals surface area contributed by atoms with Crippen LogP contribution < -0.4 is 0 Å². The highest BCUT2D eigenvalue weighted by atomic mass is 32.1. The fourth-order valence-corrected chi connectivity index (χ4v) is 3.27. The van der Waals surface area contributed by atoms with Crippen LogP contribution in [0.25, 0.3) is 10.4 Å². The molecular formula is C17H23NS. The molecule has 0 unspecified atom stereocenters. The van der Waals surface area contributed by atoms with Crippen LogP contribution in [0, 0.1) is 0 Å². The Kier molecular flexibility index (Phi) is 3.57. The molecule has 0 aliphatic carbocycles. The molecule has 2 heteroatoms. The minimum absolute atomic E-state index is 0.0746. The van der Waals surface area contributed by atoms with Gasteiger partial charge in [-0.1, -0.05) is 71.9 Å². The molecule has 0 amide bonds. The lowest BCUT2D eigenvalue weighted by molar-refractivity contribution is 0.548. The average molecular weight is 273 g/mol. The van der Waals surface area contributed by atoms with Gasteiger partial charge in [-0.15, -0.1) is 11.3 Å². The van der Waals surface area contributed by atoms with Crippen LogP contribution in [-0.2, 0) is 10.8 Å². The van der Waals surface area contributed by atoms with E-state index in [0.717, 1.165) is 0 Å². The molecule has 0 spiro atoms. The molecular weight excluding hydrogens is 250 g/mol. The Morgan fingerprint density at radius 3 is 1.89 bits per heavy atom. The smallest absolute Gasteiger partial charge is 0.0988 e. The molecule has 102 valence electrons. The number of aromatic nitrogens is 1. The molecule has 0 saturated heterocycles. The van der Waals surface area contributed by atoms with Crippen molar-refractivity contribution in [2.45, 2.75) is 52.4 Å². The zero-order chi connectivity index (χ0) is 14.3. The van der Waals surface area contributed by atoms with Gasteiger partial charge in [0.25, 0.3) is 0 Å². The topological polar surface area (TPSA) is 12.9 Å². The molecule has 0 N–H and O–H groups in total. The van der Waals surface area contributed by atoms with Gasteiger partial charge in [0.15, 0.2) is 0 Å². The first-order chi connectivity index (χ1) is 8.69. The highest BCUT2D eigenvalue weighted by Crippen LogP contribution is 2.40. The zero-order valence-electron chi connectivity index (χ0n) is 12.7. The molecule has 0 saturated carbocycles. The van der Waals surface area contributed by atoms with Crippen LogP contribution >= 0.6 is 11.3 Å². The molecule has 1 aromatic heterocycles. The number of hydrogen-bond donors (Lipinski definition) is 0. The normalized spacial score (nSPS) is 12.7. The van der Waals surface area contributed by atoms with Crippen molar-refractivity contribution in [1.82, 2.24) is 4.98 Å². The van der Waals surface area contributed by atoms with Crippen molar-refractivity contribution < 1.29 is 0 Å². The average Bonchev–Trinajstić information content (AvgIpc) is 2.74. The van der Waals surface area contributed by atoms with Gasteiger partial charge in [-0.25, -0.2) is 4.98 Å². The Labute approximate surface area is 120 Å². The van der Waals surface area contributed by atoms with Gasteiger partial charge in [0, 0.05) is 10.8 Å². The van der Waals surface area contributed by atoms with E-state index < -0.39 is 0 Å². The minimum atomic E-state index is 0.0746. The first kappa shape index (κ1) is 14.3. The molecule has 0 bridgehead atoms. The summed E-state index contributed by atoms with van der Waals surface area (Å²) in [4.78, 5) is 6.27. The number of rotatable bonds is 1. The van der Waals surface area contributed by atoms with Crippen LogP contribution in [0.2, 0.25) is 0 Å². The Bertz CT molecular complexity index is 553. The maximum absolute atomic E-state index is 4.95. The number of benzene rings is 1. The molecule has 1 nitrogen and oxygen atoms in total. The predicted molar refractivity (Wildman–Crippen MR) is 85.0 cm³/mol. The summed E-state index contributed by atoms with van der Waals surface area (Å²) >= 11 is 1.84. The fourth-order valence-electron chi connectivity index (χ4n) is 1.93. The SMILES string of the molecule is CC(C)(C)c1nc(C(C)(C)C)c(-c2ccccc2)s1. The lowest BCUT2D eigenvalue weighted by Crippen LogP contribution is -2.15. The predicted octanol–water partition coefficient (Wildman–Crippen LogP) is 5.41. The summed E-state index contributed by atoms with van der Waals surface area (Å²) in [5.74, 6) is 0. The third-order valence-corrected chi connectivity index (χ3v) is 4.55. The molecule has 0 aliphatic heterocycles. The van der Waals surface area contributed by atoms with Crippen molar-refractivity contribution in [3.05, 3.63) is 41.0 Å². The molecule has 0 fully saturated rings. The van der Waals surface area contributed by atoms with Crippen LogP contribution in [0.5, 0.6) is 0 Å². The van der Waals surface area contributed by atoms with Gasteiger partial charge in [0.05, 0.1) is 15.6 Å². The second kappa shape index (κ2) is 4.75. The van der Waals surface area contributed by atoms with E-state index in [-0.39, 0.29) is 10.8 Å². The molecule has 19 heavy (non-hydrogen) atoms. The second-order valence-corrected chi connectivity index (χ2v) is 8.06. The molecule has 2 rings (SSSR count). The van der Waals surface area contributed by atoms with Gasteiger partial charge >= 0.3 is 0 Å². The van der Waals surface area contributed by atoms with E-state index in [2.05, 4.69) is 71.9 Å². The van der Waals surface area contributed by atoms with E-state index in [1.807, 2.05) is 11.3 Å². The molecule has 1 aromatic carbocycles. The van der Waals surface area contributed by atoms with Crippen molar-refractivity contribution >= 4 is 11.3 Å². The van der Waals surface area contributed by atoms with Crippen molar-refractivity contribution in [2.75, 3.05) is 0 Å². The summed E-state index contributed by atoms with van der Waals surface area (Å²) in [5.41, 5.74) is 2.68. The lowest BCUT2D eigenvalue weighted by atomic mass is 9.89. The largest absolute Gasteiger partial charge is 0.244 e. The highest BCUT2D eigenvalue weighted by Gasteiger charge is 2.27. The number of hydrogen-bond acceptors (Lipinski definition) is 2. The monoisotopic (exact) mass is 273 g/mol. The van der Waals surface area contributed by atoms with Crippen molar-refractivity contribution in [3.8, 4) is 10.4 Å². The van der Waals surface area contributed by atoms with E-state index in [1.54, 1.807) is 0 Å². The summed E-state index contributed by atoms with van der Waals surface area (Å²) in [5, 5.41) is 1.22. The number of nitrogens with zero attached hydrogens (tertiary/aromatic N) is 1. The first-order valence-electron chi connectivity index (χ1n) is 6.77. The Morgan fingerprint density at radius 1 is 0.842 bits per heavy atom. The van der Waals surface area contributed by atoms with Gasteiger partial charge < -0.3 is 0 Å². The Balaban J connectivity index is 2.63. The summed E-state index contributed by atoms with van der Waals surface area (Å²) in [7, 11) is 0. The van der Waals surface area contributed by atoms with Crippen molar-refractivity contribution in [2.24, 2.45) is 0 Å². The van der Waals surface area contributed by atoms with E-state index in [1.165, 1.54) is 21.1 Å². The molecule has 0 atom stereocenters. The fraction of sp³-hybridized carbons (Fsp3) is 0.471. The summed E-state index contributed by atoms with van der Waals surface area (Å²) < 4.78 is 0. The van der Waals surface area contributed by atoms with Crippen LogP contribution in [0.1, 0.15) is 52.2 Å². The second-order valence-electron chi connectivity index (χ2n) is 7.06. The zero-order valence-corrected chi connectivity index (χ0v) is 13.6. The summed E-state index contributed by atoms with van der Waals surface area (Å²) in [6.45, 7) is 13.4. The van der Waals surface area contributed by atoms with Gasteiger partial charge in [-0.05, 0) is 5.56 Å². The standard InChI is InChI=1S/C17H23NS/c1-16(2,3)14-13(12-10-8-7-9-11-12)19-15(18-14)17(4,5)6/h7-11H,1-6H3. The summed E-state index contributed by atoms with van der Waals surface area (Å²) in [6, 6.07) is 10.6. The lowest BCUT2D eigenvalue weighted by Gasteiger charge is -2.18. The van der Waals surface area contributed by atoms with Crippen LogP contribution in [0.4, 0.5) is 0 Å². The third-order valence-electron chi connectivity index (χ3n) is 3.02. The molecule has 1 heterocycles. The summed E-state index contributed by atoms with van der Waals surface area (Å²) in [6.07, 6.45) is 0. The van der Waals surface area contributed by atoms with Gasteiger partial charge in [0.2, 0.25) is 0 Å². The maximum atomic E-state index is 4.95. The molecule has 2 aromatic rings. The van der Waals surface area contributed by atoms with Gasteiger partial charge in [0.1, 0.15) is 0 Å². The Hall–Kier alpha value is -1.15. The van der Waals surface area contributed by atoms with E-state index in [0.29, 0.717) is 0 Å². The maximum Gasteiger partial charge on any atom is 0.0988 e. The quantitative estimate of drug-likeness (QED) is 0.677. The molecule has 0 aliphatic rings. The van der Waals surface area contributed by atoms with Crippen molar-refractivity contribution in [1.29, 1.82) is 0 Å². The minimum Gasteiger partial charge on any atom is -0.244 e. The van der Waals surface area contributed by atoms with Crippen LogP contribution in [0.3, 0.4) is 0 Å². The van der Waals surface area contributed by atoms with E-state index >= 15 is 0 Å². The number of thiazole rings is 1. The van der Waals surface area contributed by atoms with E-state index in [4.69, 9.17) is 4.98 Å². The molecule has 0 radical (unpaired) electrons. The van der Waals surface area contributed by atoms with Gasteiger partial charge in [-0.2, -0.15) is 0 Å². The third kappa shape index (κ3) is 3.06.